The summed E-state index contributed by atoms with van der Waals surface area (Å²) < 4.78 is 31.1. The average Bonchev–Trinajstić information content (AvgIpc) is 2.93. The zero-order valence-electron chi connectivity index (χ0n) is 18.3. The van der Waals surface area contributed by atoms with E-state index in [1.54, 1.807) is 20.2 Å². The van der Waals surface area contributed by atoms with Crippen molar-refractivity contribution in [1.82, 2.24) is 15.0 Å². The number of nitrogens with one attached hydrogen (secondary N) is 3. The number of benzene rings is 1. The van der Waals surface area contributed by atoms with Gasteiger partial charge in [-0.2, -0.15) is 9.65 Å². The number of aromatic nitrogens is 1. The Kier molecular flexibility index (Phi) is 8.54. The van der Waals surface area contributed by atoms with E-state index in [-0.39, 0.29) is 11.7 Å². The van der Waals surface area contributed by atoms with Crippen LogP contribution >= 0.6 is 0 Å². The van der Waals surface area contributed by atoms with Gasteiger partial charge in [0.15, 0.2) is 0 Å². The van der Waals surface area contributed by atoms with Crippen molar-refractivity contribution in [2.75, 3.05) is 14.2 Å². The van der Waals surface area contributed by atoms with Crippen LogP contribution in [0.1, 0.15) is 42.5 Å². The van der Waals surface area contributed by atoms with Crippen LogP contribution in [0.3, 0.4) is 0 Å². The van der Waals surface area contributed by atoms with Crippen molar-refractivity contribution in [3.63, 3.8) is 0 Å². The van der Waals surface area contributed by atoms with Gasteiger partial charge in [-0.1, -0.05) is 18.2 Å². The van der Waals surface area contributed by atoms with E-state index in [4.69, 9.17) is 14.8 Å². The molecule has 1 saturated heterocycles. The average molecular weight is 454 g/mol. The Bertz CT molecular complexity index is 1060. The zero-order valence-corrected chi connectivity index (χ0v) is 19.1. The molecule has 0 spiro atoms. The van der Waals surface area contributed by atoms with Crippen LogP contribution in [0, 0.1) is 22.1 Å². The third kappa shape index (κ3) is 6.49. The van der Waals surface area contributed by atoms with E-state index in [0.29, 0.717) is 5.56 Å². The van der Waals surface area contributed by atoms with Gasteiger partial charge in [0.05, 0.1) is 12.0 Å². The number of methoxy groups -OCH3 is 1. The van der Waals surface area contributed by atoms with Crippen molar-refractivity contribution in [3.8, 4) is 11.8 Å². The number of rotatable bonds is 7. The van der Waals surface area contributed by atoms with Gasteiger partial charge in [0.2, 0.25) is 5.95 Å². The molecule has 0 amide bonds. The van der Waals surface area contributed by atoms with Crippen molar-refractivity contribution in [2.24, 2.45) is 0 Å². The minimum absolute atomic E-state index is 0.0454. The number of halogens is 1. The number of ether oxygens (including phenoxy) is 1. The predicted octanol–water partition coefficient (Wildman–Crippen LogP) is 4.62. The van der Waals surface area contributed by atoms with E-state index in [0.717, 1.165) is 48.3 Å². The molecule has 0 saturated carbocycles. The summed E-state index contributed by atoms with van der Waals surface area (Å²) in [5.41, 5.74) is 2.87. The van der Waals surface area contributed by atoms with Gasteiger partial charge in [-0.15, -0.1) is 0 Å². The maximum atomic E-state index is 13.8. The Balaban J connectivity index is 1.70. The Morgan fingerprint density at radius 3 is 2.84 bits per heavy atom. The van der Waals surface area contributed by atoms with Crippen molar-refractivity contribution < 1.29 is 9.13 Å². The summed E-state index contributed by atoms with van der Waals surface area (Å²) >= 11 is 0. The first-order valence-corrected chi connectivity index (χ1v) is 11.8. The molecule has 0 radical (unpaired) electrons. The fourth-order valence-corrected chi connectivity index (χ4v) is 5.06. The summed E-state index contributed by atoms with van der Waals surface area (Å²) in [5.74, 6) is 0.180. The van der Waals surface area contributed by atoms with Gasteiger partial charge in [-0.05, 0) is 77.9 Å². The summed E-state index contributed by atoms with van der Waals surface area (Å²) in [6, 6.07) is 13.1. The van der Waals surface area contributed by atoms with Gasteiger partial charge in [0.25, 0.3) is 0 Å². The summed E-state index contributed by atoms with van der Waals surface area (Å²) in [7, 11) is 2.56. The van der Waals surface area contributed by atoms with Gasteiger partial charge in [-0.3, -0.25) is 4.78 Å². The molecule has 32 heavy (non-hydrogen) atoms. The minimum atomic E-state index is -0.904. The molecular weight excluding hydrogens is 425 g/mol. The second-order valence-corrected chi connectivity index (χ2v) is 8.87. The Hall–Kier alpha value is -3.02. The van der Waals surface area contributed by atoms with Crippen molar-refractivity contribution in [3.05, 3.63) is 75.8 Å². The standard InChI is InChI=1S/C24H28FN5OS/c1-28-16-23-19(12-18-13-21(15-26)29-24(25)14-18)8-9-20(30-32(23)27)5-3-4-17-6-10-22(31-2)11-7-17/h6-7,10-14,16,20,28H,3-5,8-9H2,1-2H3,(H2,27,30)/b19-12+,23-16+. The molecule has 8 heteroatoms. The fraction of sp³-hybridized carbons (Fsp3) is 0.333. The van der Waals surface area contributed by atoms with E-state index < -0.39 is 16.8 Å². The van der Waals surface area contributed by atoms with Gasteiger partial charge >= 0.3 is 0 Å². The highest BCUT2D eigenvalue weighted by atomic mass is 32.2. The van der Waals surface area contributed by atoms with Crippen LogP contribution in [0.15, 0.2) is 53.1 Å². The molecule has 0 aliphatic carbocycles. The van der Waals surface area contributed by atoms with E-state index >= 15 is 0 Å². The lowest BCUT2D eigenvalue weighted by atomic mass is 9.98. The molecule has 1 aliphatic heterocycles. The normalized spacial score (nSPS) is 21.2. The SMILES string of the molecule is CN/C=C1\C(=C\c2cc(F)nc(C#N)c2)CCC(CCCc2ccc(OC)cc2)NS1=N. The third-order valence-corrected chi connectivity index (χ3v) is 6.70. The quantitative estimate of drug-likeness (QED) is 0.532. The molecule has 1 aromatic carbocycles. The number of nitrogens with zero attached hydrogens (tertiary/aromatic N) is 2. The maximum Gasteiger partial charge on any atom is 0.214 e. The van der Waals surface area contributed by atoms with E-state index in [2.05, 4.69) is 27.2 Å². The molecule has 1 aromatic heterocycles. The molecule has 1 fully saturated rings. The molecule has 3 N–H and O–H groups in total. The monoisotopic (exact) mass is 453 g/mol. The second kappa shape index (κ2) is 11.6. The number of hydrogen-bond donors (Lipinski definition) is 3. The van der Waals surface area contributed by atoms with Gasteiger partial charge < -0.3 is 10.1 Å². The fourth-order valence-electron chi connectivity index (χ4n) is 3.71. The smallest absolute Gasteiger partial charge is 0.214 e. The Morgan fingerprint density at radius 1 is 1.38 bits per heavy atom. The molecular formula is C24H28FN5OS. The van der Waals surface area contributed by atoms with Crippen LogP contribution in [0.5, 0.6) is 5.75 Å². The molecule has 2 heterocycles. The molecule has 2 atom stereocenters. The highest BCUT2D eigenvalue weighted by Crippen LogP contribution is 2.28. The van der Waals surface area contributed by atoms with Crippen LogP contribution in [0.4, 0.5) is 4.39 Å². The van der Waals surface area contributed by atoms with E-state index in [1.807, 2.05) is 30.5 Å². The van der Waals surface area contributed by atoms with Crippen LogP contribution < -0.4 is 14.8 Å². The Labute approximate surface area is 191 Å². The first-order valence-electron chi connectivity index (χ1n) is 10.5. The Morgan fingerprint density at radius 2 is 2.16 bits per heavy atom. The molecule has 1 aliphatic rings. The minimum Gasteiger partial charge on any atom is -0.497 e. The van der Waals surface area contributed by atoms with Gasteiger partial charge in [0.1, 0.15) is 17.5 Å². The van der Waals surface area contributed by atoms with Crippen LogP contribution in [0.25, 0.3) is 6.08 Å². The molecule has 168 valence electrons. The highest BCUT2D eigenvalue weighted by Gasteiger charge is 2.21. The maximum absolute atomic E-state index is 13.8. The van der Waals surface area contributed by atoms with Crippen LogP contribution in [-0.2, 0) is 17.3 Å². The first-order chi connectivity index (χ1) is 15.5. The number of allylic oxidation sites excluding steroid dienone is 1. The highest BCUT2D eigenvalue weighted by molar-refractivity contribution is 7.88. The molecule has 3 rings (SSSR count). The molecule has 2 aromatic rings. The van der Waals surface area contributed by atoms with Gasteiger partial charge in [-0.25, -0.2) is 9.71 Å². The third-order valence-electron chi connectivity index (χ3n) is 5.31. The summed E-state index contributed by atoms with van der Waals surface area (Å²) in [4.78, 5) is 4.42. The lowest BCUT2D eigenvalue weighted by molar-refractivity contribution is 0.414. The summed E-state index contributed by atoms with van der Waals surface area (Å²) in [6.07, 6.45) is 8.31. The lowest BCUT2D eigenvalue weighted by Gasteiger charge is -2.16. The molecule has 2 unspecified atom stereocenters. The van der Waals surface area contributed by atoms with Crippen LogP contribution in [0.2, 0.25) is 0 Å². The number of aryl methyl sites for hydroxylation is 1. The number of pyridine rings is 1. The lowest BCUT2D eigenvalue weighted by Crippen LogP contribution is -2.29. The first kappa shape index (κ1) is 23.6. The second-order valence-electron chi connectivity index (χ2n) is 7.59. The van der Waals surface area contributed by atoms with Crippen molar-refractivity contribution in [1.29, 1.82) is 10.0 Å². The van der Waals surface area contributed by atoms with E-state index in [9.17, 15) is 4.39 Å². The number of nitriles is 1. The summed E-state index contributed by atoms with van der Waals surface area (Å²) in [5, 5.41) is 12.1. The largest absolute Gasteiger partial charge is 0.497 e. The topological polar surface area (TPSA) is 93.8 Å². The van der Waals surface area contributed by atoms with Crippen molar-refractivity contribution >= 4 is 17.0 Å². The molecule has 6 nitrogen and oxygen atoms in total. The number of hydrogen-bond acceptors (Lipinski definition) is 5. The predicted molar refractivity (Wildman–Crippen MR) is 126 cm³/mol. The van der Waals surface area contributed by atoms with Crippen LogP contribution in [-0.4, -0.2) is 25.2 Å². The molecule has 0 bridgehead atoms. The van der Waals surface area contributed by atoms with Crippen molar-refractivity contribution in [2.45, 2.75) is 38.1 Å². The van der Waals surface area contributed by atoms with Gasteiger partial charge in [0, 0.05) is 25.4 Å². The summed E-state index contributed by atoms with van der Waals surface area (Å²) in [6.45, 7) is 0. The zero-order chi connectivity index (χ0) is 22.9. The van der Waals surface area contributed by atoms with E-state index in [1.165, 1.54) is 11.6 Å².